The Hall–Kier alpha value is -2.44. The Balaban J connectivity index is 1.42. The van der Waals surface area contributed by atoms with Crippen LogP contribution in [-0.4, -0.2) is 63.4 Å². The van der Waals surface area contributed by atoms with Crippen molar-refractivity contribution in [2.24, 2.45) is 0 Å². The van der Waals surface area contributed by atoms with Crippen LogP contribution in [0, 0.1) is 6.92 Å². The van der Waals surface area contributed by atoms with Crippen molar-refractivity contribution < 1.29 is 0 Å². The number of aromatic nitrogens is 3. The minimum Gasteiger partial charge on any atom is -0.355 e. The van der Waals surface area contributed by atoms with E-state index in [0.29, 0.717) is 18.1 Å². The number of rotatable bonds is 4. The summed E-state index contributed by atoms with van der Waals surface area (Å²) in [6.45, 7) is 11.1. The van der Waals surface area contributed by atoms with Crippen LogP contribution in [0.1, 0.15) is 62.1 Å². The van der Waals surface area contributed by atoms with E-state index in [9.17, 15) is 0 Å². The van der Waals surface area contributed by atoms with Crippen LogP contribution < -0.4 is 4.90 Å². The van der Waals surface area contributed by atoms with E-state index < -0.39 is 0 Å². The van der Waals surface area contributed by atoms with Crippen LogP contribution in [-0.2, 0) is 0 Å². The SMILES string of the molecule is Cc1cccnc1C1CCCC(c2cn3c(N4CCN(C(C)C)CC4)cccc3n2)N1C. The van der Waals surface area contributed by atoms with Gasteiger partial charge in [-0.2, -0.15) is 0 Å². The van der Waals surface area contributed by atoms with Gasteiger partial charge in [0.25, 0.3) is 0 Å². The summed E-state index contributed by atoms with van der Waals surface area (Å²) in [5.74, 6) is 1.26. The van der Waals surface area contributed by atoms with E-state index in [-0.39, 0.29) is 0 Å². The topological polar surface area (TPSA) is 39.9 Å². The summed E-state index contributed by atoms with van der Waals surface area (Å²) in [6, 6.07) is 12.0. The Labute approximate surface area is 191 Å². The third kappa shape index (κ3) is 3.90. The fraction of sp³-hybridized carbons (Fsp3) is 0.538. The van der Waals surface area contributed by atoms with Crippen molar-refractivity contribution in [2.45, 2.75) is 58.2 Å². The molecule has 2 aliphatic rings. The van der Waals surface area contributed by atoms with Crippen LogP contribution in [0.4, 0.5) is 5.82 Å². The van der Waals surface area contributed by atoms with E-state index in [4.69, 9.17) is 9.97 Å². The molecule has 5 rings (SSSR count). The first-order valence-corrected chi connectivity index (χ1v) is 12.1. The molecule has 3 aromatic heterocycles. The monoisotopic (exact) mass is 432 g/mol. The van der Waals surface area contributed by atoms with Crippen molar-refractivity contribution in [2.75, 3.05) is 38.1 Å². The lowest BCUT2D eigenvalue weighted by molar-refractivity contribution is 0.109. The molecule has 170 valence electrons. The molecule has 0 aliphatic carbocycles. The summed E-state index contributed by atoms with van der Waals surface area (Å²) in [6.07, 6.45) is 7.71. The molecule has 3 aromatic rings. The lowest BCUT2D eigenvalue weighted by Gasteiger charge is -2.39. The molecule has 0 amide bonds. The molecule has 32 heavy (non-hydrogen) atoms. The van der Waals surface area contributed by atoms with E-state index in [1.54, 1.807) is 0 Å². The number of likely N-dealkylation sites (tertiary alicyclic amines) is 1. The van der Waals surface area contributed by atoms with E-state index in [1.807, 2.05) is 12.3 Å². The van der Waals surface area contributed by atoms with Crippen LogP contribution in [0.3, 0.4) is 0 Å². The van der Waals surface area contributed by atoms with Gasteiger partial charge >= 0.3 is 0 Å². The third-order valence-corrected chi connectivity index (χ3v) is 7.50. The predicted molar refractivity (Wildman–Crippen MR) is 130 cm³/mol. The fourth-order valence-electron chi connectivity index (χ4n) is 5.56. The summed E-state index contributed by atoms with van der Waals surface area (Å²) >= 11 is 0. The number of nitrogens with zero attached hydrogens (tertiary/aromatic N) is 6. The first-order chi connectivity index (χ1) is 15.5. The second-order valence-corrected chi connectivity index (χ2v) is 9.73. The molecule has 0 radical (unpaired) electrons. The summed E-state index contributed by atoms with van der Waals surface area (Å²) in [5.41, 5.74) is 4.72. The van der Waals surface area contributed by atoms with Gasteiger partial charge in [0.2, 0.25) is 0 Å². The Kier molecular flexibility index (Phi) is 5.91. The molecule has 6 nitrogen and oxygen atoms in total. The number of aryl methyl sites for hydroxylation is 1. The standard InChI is InChI=1S/C26H36N6/c1-19(2)30-14-16-31(17-15-30)25-12-6-11-24-28-21(18-32(24)25)22-9-5-10-23(29(22)4)26-20(3)8-7-13-27-26/h6-8,11-13,18-19,22-23H,5,9-10,14-17H2,1-4H3. The molecule has 5 heterocycles. The summed E-state index contributed by atoms with van der Waals surface area (Å²) < 4.78 is 2.31. The van der Waals surface area contributed by atoms with Crippen molar-refractivity contribution in [1.29, 1.82) is 0 Å². The van der Waals surface area contributed by atoms with Gasteiger partial charge in [-0.1, -0.05) is 12.1 Å². The summed E-state index contributed by atoms with van der Waals surface area (Å²) in [7, 11) is 2.25. The smallest absolute Gasteiger partial charge is 0.138 e. The molecule has 2 saturated heterocycles. The van der Waals surface area contributed by atoms with Crippen LogP contribution in [0.25, 0.3) is 5.65 Å². The molecule has 2 fully saturated rings. The Bertz CT molecular complexity index is 1070. The molecule has 2 atom stereocenters. The highest BCUT2D eigenvalue weighted by Crippen LogP contribution is 2.40. The van der Waals surface area contributed by atoms with Crippen molar-refractivity contribution in [1.82, 2.24) is 24.2 Å². The predicted octanol–water partition coefficient (Wildman–Crippen LogP) is 4.47. The maximum atomic E-state index is 5.10. The van der Waals surface area contributed by atoms with Gasteiger partial charge in [0.15, 0.2) is 0 Å². The Morgan fingerprint density at radius 3 is 2.50 bits per heavy atom. The van der Waals surface area contributed by atoms with Crippen molar-refractivity contribution in [3.8, 4) is 0 Å². The number of hydrogen-bond donors (Lipinski definition) is 0. The highest BCUT2D eigenvalue weighted by molar-refractivity contribution is 5.53. The van der Waals surface area contributed by atoms with Gasteiger partial charge < -0.3 is 4.90 Å². The third-order valence-electron chi connectivity index (χ3n) is 7.50. The second-order valence-electron chi connectivity index (χ2n) is 9.73. The number of hydrogen-bond acceptors (Lipinski definition) is 5. The Morgan fingerprint density at radius 2 is 1.75 bits per heavy atom. The zero-order chi connectivity index (χ0) is 22.2. The van der Waals surface area contributed by atoms with Gasteiger partial charge in [-0.05, 0) is 70.8 Å². The molecule has 0 N–H and O–H groups in total. The van der Waals surface area contributed by atoms with Gasteiger partial charge in [0.1, 0.15) is 11.5 Å². The number of anilines is 1. The number of piperazine rings is 1. The number of pyridine rings is 2. The van der Waals surface area contributed by atoms with Gasteiger partial charge in [0, 0.05) is 44.6 Å². The largest absolute Gasteiger partial charge is 0.355 e. The van der Waals surface area contributed by atoms with Gasteiger partial charge in [-0.3, -0.25) is 19.2 Å². The second kappa shape index (κ2) is 8.83. The van der Waals surface area contributed by atoms with Crippen molar-refractivity contribution in [3.05, 3.63) is 59.7 Å². The van der Waals surface area contributed by atoms with Gasteiger partial charge in [0.05, 0.1) is 23.5 Å². The van der Waals surface area contributed by atoms with E-state index in [0.717, 1.165) is 44.7 Å². The molecular formula is C26H36N6. The molecule has 0 bridgehead atoms. The average molecular weight is 433 g/mol. The molecule has 2 aliphatic heterocycles. The molecule has 2 unspecified atom stereocenters. The summed E-state index contributed by atoms with van der Waals surface area (Å²) in [5, 5.41) is 0. The van der Waals surface area contributed by atoms with E-state index in [2.05, 4.69) is 77.4 Å². The quantitative estimate of drug-likeness (QED) is 0.608. The van der Waals surface area contributed by atoms with Crippen molar-refractivity contribution in [3.63, 3.8) is 0 Å². The fourth-order valence-corrected chi connectivity index (χ4v) is 5.56. The van der Waals surface area contributed by atoms with E-state index in [1.165, 1.54) is 29.2 Å². The molecule has 6 heteroatoms. The van der Waals surface area contributed by atoms with E-state index >= 15 is 0 Å². The number of imidazole rings is 1. The number of piperidine rings is 1. The first kappa shape index (κ1) is 21.4. The minimum atomic E-state index is 0.320. The van der Waals surface area contributed by atoms with Crippen LogP contribution in [0.5, 0.6) is 0 Å². The first-order valence-electron chi connectivity index (χ1n) is 12.1. The molecule has 0 aromatic carbocycles. The Morgan fingerprint density at radius 1 is 0.969 bits per heavy atom. The maximum Gasteiger partial charge on any atom is 0.138 e. The lowest BCUT2D eigenvalue weighted by Crippen LogP contribution is -2.49. The maximum absolute atomic E-state index is 5.10. The highest BCUT2D eigenvalue weighted by Gasteiger charge is 2.33. The van der Waals surface area contributed by atoms with Crippen LogP contribution in [0.2, 0.25) is 0 Å². The van der Waals surface area contributed by atoms with Crippen LogP contribution >= 0.6 is 0 Å². The minimum absolute atomic E-state index is 0.320. The molecule has 0 spiro atoms. The normalized spacial score (nSPS) is 23.3. The van der Waals surface area contributed by atoms with Crippen LogP contribution in [0.15, 0.2) is 42.7 Å². The number of fused-ring (bicyclic) bond motifs is 1. The summed E-state index contributed by atoms with van der Waals surface area (Å²) in [4.78, 5) is 17.4. The zero-order valence-electron chi connectivity index (χ0n) is 19.9. The molecule has 0 saturated carbocycles. The zero-order valence-corrected chi connectivity index (χ0v) is 19.9. The van der Waals surface area contributed by atoms with Gasteiger partial charge in [-0.25, -0.2) is 4.98 Å². The lowest BCUT2D eigenvalue weighted by atomic mass is 9.91. The van der Waals surface area contributed by atoms with Crippen molar-refractivity contribution >= 4 is 11.5 Å². The van der Waals surface area contributed by atoms with Gasteiger partial charge in [-0.15, -0.1) is 0 Å². The average Bonchev–Trinajstić information content (AvgIpc) is 3.24. The highest BCUT2D eigenvalue weighted by atomic mass is 15.3. The molecular weight excluding hydrogens is 396 g/mol.